The van der Waals surface area contributed by atoms with Crippen molar-refractivity contribution in [1.29, 1.82) is 0 Å². The van der Waals surface area contributed by atoms with Gasteiger partial charge < -0.3 is 5.11 Å². The Labute approximate surface area is 90.9 Å². The Balaban J connectivity index is 2.92. The molecule has 2 nitrogen and oxygen atoms in total. The fourth-order valence-corrected chi connectivity index (χ4v) is 1.45. The van der Waals surface area contributed by atoms with E-state index in [-0.39, 0.29) is 16.9 Å². The third-order valence-corrected chi connectivity index (χ3v) is 2.14. The summed E-state index contributed by atoms with van der Waals surface area (Å²) < 4.78 is 0. The quantitative estimate of drug-likeness (QED) is 0.754. The maximum Gasteiger partial charge on any atom is 0.167 e. The zero-order valence-corrected chi connectivity index (χ0v) is 9.79. The van der Waals surface area contributed by atoms with Crippen LogP contribution in [0, 0.1) is 12.3 Å². The molecule has 0 radical (unpaired) electrons. The topological polar surface area (TPSA) is 37.3 Å². The third kappa shape index (κ3) is 3.39. The van der Waals surface area contributed by atoms with E-state index in [0.29, 0.717) is 12.0 Å². The van der Waals surface area contributed by atoms with Gasteiger partial charge in [0.15, 0.2) is 5.78 Å². The van der Waals surface area contributed by atoms with Crippen LogP contribution in [0.5, 0.6) is 5.75 Å². The van der Waals surface area contributed by atoms with E-state index in [1.807, 2.05) is 33.8 Å². The molecule has 0 saturated carbocycles. The molecule has 0 heterocycles. The SMILES string of the molecule is Cc1ccc(C(=O)CC(C)(C)C)c(O)c1. The Hall–Kier alpha value is -1.31. The van der Waals surface area contributed by atoms with Crippen molar-refractivity contribution in [2.75, 3.05) is 0 Å². The first-order chi connectivity index (χ1) is 6.79. The molecule has 0 unspecified atom stereocenters. The first kappa shape index (κ1) is 11.8. The number of hydrogen-bond donors (Lipinski definition) is 1. The highest BCUT2D eigenvalue weighted by atomic mass is 16.3. The number of aryl methyl sites for hydroxylation is 1. The molecule has 82 valence electrons. The molecule has 0 amide bonds. The van der Waals surface area contributed by atoms with Crippen LogP contribution in [0.15, 0.2) is 18.2 Å². The minimum absolute atomic E-state index is 0.000000000000000666. The fraction of sp³-hybridized carbons (Fsp3) is 0.462. The number of phenols is 1. The molecule has 15 heavy (non-hydrogen) atoms. The van der Waals surface area contributed by atoms with Crippen LogP contribution in [-0.2, 0) is 0 Å². The van der Waals surface area contributed by atoms with Crippen molar-refractivity contribution in [2.24, 2.45) is 5.41 Å². The Morgan fingerprint density at radius 2 is 1.93 bits per heavy atom. The van der Waals surface area contributed by atoms with Crippen molar-refractivity contribution in [3.63, 3.8) is 0 Å². The highest BCUT2D eigenvalue weighted by Gasteiger charge is 2.19. The first-order valence-corrected chi connectivity index (χ1v) is 5.12. The highest BCUT2D eigenvalue weighted by molar-refractivity contribution is 5.98. The smallest absolute Gasteiger partial charge is 0.167 e. The van der Waals surface area contributed by atoms with E-state index in [9.17, 15) is 9.90 Å². The molecule has 1 aromatic rings. The van der Waals surface area contributed by atoms with Crippen LogP contribution in [0.4, 0.5) is 0 Å². The van der Waals surface area contributed by atoms with E-state index >= 15 is 0 Å². The fourth-order valence-electron chi connectivity index (χ4n) is 1.45. The van der Waals surface area contributed by atoms with Crippen LogP contribution in [0.1, 0.15) is 43.1 Å². The van der Waals surface area contributed by atoms with Crippen molar-refractivity contribution in [3.05, 3.63) is 29.3 Å². The van der Waals surface area contributed by atoms with Gasteiger partial charge in [0.25, 0.3) is 0 Å². The second kappa shape index (κ2) is 4.05. The zero-order valence-electron chi connectivity index (χ0n) is 9.79. The molecule has 1 aromatic carbocycles. The number of benzene rings is 1. The van der Waals surface area contributed by atoms with Gasteiger partial charge in [0, 0.05) is 6.42 Å². The molecule has 0 aliphatic heterocycles. The van der Waals surface area contributed by atoms with Crippen LogP contribution in [0.3, 0.4) is 0 Å². The predicted octanol–water partition coefficient (Wildman–Crippen LogP) is 3.32. The minimum atomic E-state index is -0.0472. The maximum atomic E-state index is 11.8. The lowest BCUT2D eigenvalue weighted by Gasteiger charge is -2.17. The van der Waals surface area contributed by atoms with Crippen LogP contribution in [-0.4, -0.2) is 10.9 Å². The lowest BCUT2D eigenvalue weighted by molar-refractivity contribution is 0.0937. The van der Waals surface area contributed by atoms with Gasteiger partial charge in [-0.05, 0) is 30.0 Å². The van der Waals surface area contributed by atoms with E-state index in [1.165, 1.54) is 0 Å². The summed E-state index contributed by atoms with van der Waals surface area (Å²) in [4.78, 5) is 11.8. The third-order valence-electron chi connectivity index (χ3n) is 2.14. The van der Waals surface area contributed by atoms with Gasteiger partial charge in [-0.15, -0.1) is 0 Å². The summed E-state index contributed by atoms with van der Waals surface area (Å²) in [6.45, 7) is 7.92. The Morgan fingerprint density at radius 3 is 2.40 bits per heavy atom. The van der Waals surface area contributed by atoms with Crippen molar-refractivity contribution in [1.82, 2.24) is 0 Å². The number of rotatable bonds is 2. The van der Waals surface area contributed by atoms with Gasteiger partial charge in [0.1, 0.15) is 5.75 Å². The van der Waals surface area contributed by atoms with E-state index in [2.05, 4.69) is 0 Å². The Morgan fingerprint density at radius 1 is 1.33 bits per heavy atom. The molecule has 2 heteroatoms. The molecule has 0 spiro atoms. The summed E-state index contributed by atoms with van der Waals surface area (Å²) >= 11 is 0. The maximum absolute atomic E-state index is 11.8. The number of aromatic hydroxyl groups is 1. The molecule has 0 aromatic heterocycles. The van der Waals surface area contributed by atoms with Crippen molar-refractivity contribution in [3.8, 4) is 5.75 Å². The summed E-state index contributed by atoms with van der Waals surface area (Å²) in [5.74, 6) is 0.0873. The normalized spacial score (nSPS) is 11.5. The largest absolute Gasteiger partial charge is 0.507 e. The summed E-state index contributed by atoms with van der Waals surface area (Å²) in [5.41, 5.74) is 1.34. The molecule has 0 bridgehead atoms. The second-order valence-corrected chi connectivity index (χ2v) is 5.18. The standard InChI is InChI=1S/C13H18O2/c1-9-5-6-10(11(14)7-9)12(15)8-13(2,3)4/h5-7,14H,8H2,1-4H3. The summed E-state index contributed by atoms with van der Waals surface area (Å²) in [7, 11) is 0. The average molecular weight is 206 g/mol. The van der Waals surface area contributed by atoms with Crippen LogP contribution in [0.25, 0.3) is 0 Å². The van der Waals surface area contributed by atoms with Gasteiger partial charge in [-0.1, -0.05) is 26.8 Å². The van der Waals surface area contributed by atoms with Gasteiger partial charge in [0.2, 0.25) is 0 Å². The highest BCUT2D eigenvalue weighted by Crippen LogP contribution is 2.26. The van der Waals surface area contributed by atoms with E-state index < -0.39 is 0 Å². The monoisotopic (exact) mass is 206 g/mol. The first-order valence-electron chi connectivity index (χ1n) is 5.12. The van der Waals surface area contributed by atoms with Crippen LogP contribution in [0.2, 0.25) is 0 Å². The zero-order chi connectivity index (χ0) is 11.6. The van der Waals surface area contributed by atoms with Gasteiger partial charge in [-0.2, -0.15) is 0 Å². The summed E-state index contributed by atoms with van der Waals surface area (Å²) in [5, 5.41) is 9.64. The molecule has 0 fully saturated rings. The van der Waals surface area contributed by atoms with Gasteiger partial charge in [0.05, 0.1) is 5.56 Å². The predicted molar refractivity (Wildman–Crippen MR) is 61.2 cm³/mol. The molecule has 0 aliphatic carbocycles. The molecular weight excluding hydrogens is 188 g/mol. The Bertz CT molecular complexity index is 373. The van der Waals surface area contributed by atoms with Gasteiger partial charge in [-0.3, -0.25) is 4.79 Å². The van der Waals surface area contributed by atoms with Crippen molar-refractivity contribution < 1.29 is 9.90 Å². The molecular formula is C13H18O2. The van der Waals surface area contributed by atoms with Gasteiger partial charge in [-0.25, -0.2) is 0 Å². The molecule has 0 atom stereocenters. The number of carbonyl (C=O) groups excluding carboxylic acids is 1. The molecule has 0 aliphatic rings. The molecule has 1 rings (SSSR count). The minimum Gasteiger partial charge on any atom is -0.507 e. The summed E-state index contributed by atoms with van der Waals surface area (Å²) in [6, 6.07) is 5.16. The molecule has 1 N–H and O–H groups in total. The van der Waals surface area contributed by atoms with Crippen molar-refractivity contribution >= 4 is 5.78 Å². The Kier molecular flexibility index (Phi) is 3.18. The van der Waals surface area contributed by atoms with Crippen LogP contribution >= 0.6 is 0 Å². The van der Waals surface area contributed by atoms with E-state index in [1.54, 1.807) is 12.1 Å². The number of hydrogen-bond acceptors (Lipinski definition) is 2. The molecule has 0 saturated heterocycles. The van der Waals surface area contributed by atoms with E-state index in [4.69, 9.17) is 0 Å². The summed E-state index contributed by atoms with van der Waals surface area (Å²) in [6.07, 6.45) is 0.448. The lowest BCUT2D eigenvalue weighted by Crippen LogP contribution is -2.13. The van der Waals surface area contributed by atoms with E-state index in [0.717, 1.165) is 5.56 Å². The lowest BCUT2D eigenvalue weighted by atomic mass is 9.87. The second-order valence-electron chi connectivity index (χ2n) is 5.18. The van der Waals surface area contributed by atoms with Crippen molar-refractivity contribution in [2.45, 2.75) is 34.1 Å². The van der Waals surface area contributed by atoms with Crippen LogP contribution < -0.4 is 0 Å². The van der Waals surface area contributed by atoms with Gasteiger partial charge >= 0.3 is 0 Å². The number of ketones is 1. The number of Topliss-reactive ketones (excluding diaryl/α,β-unsaturated/α-hetero) is 1. The average Bonchev–Trinajstić information content (AvgIpc) is 1.99. The number of phenolic OH excluding ortho intramolecular Hbond substituents is 1. The number of carbonyl (C=O) groups is 1.